The fourth-order valence-electron chi connectivity index (χ4n) is 6.46. The fraction of sp³-hybridized carbons (Fsp3) is 0.675. The van der Waals surface area contributed by atoms with E-state index in [2.05, 4.69) is 34.1 Å². The number of allylic oxidation sites excluding steroid dienone is 3. The molecule has 0 aromatic carbocycles. The second-order valence-corrected chi connectivity index (χ2v) is 15.2. The van der Waals surface area contributed by atoms with Gasteiger partial charge in [-0.05, 0) is 58.1 Å². The van der Waals surface area contributed by atoms with Crippen LogP contribution in [0, 0.1) is 11.8 Å². The predicted molar refractivity (Wildman–Crippen MR) is 216 cm³/mol. The summed E-state index contributed by atoms with van der Waals surface area (Å²) in [5.74, 6) is -1.46. The third-order valence-corrected chi connectivity index (χ3v) is 11.1. The highest BCUT2D eigenvalue weighted by atomic mass is 32.1. The number of nitrogens with zero attached hydrogens (tertiary/aromatic N) is 3. The van der Waals surface area contributed by atoms with Gasteiger partial charge in [0.1, 0.15) is 5.01 Å². The van der Waals surface area contributed by atoms with Crippen LogP contribution in [-0.2, 0) is 28.7 Å². The van der Waals surface area contributed by atoms with Crippen LogP contribution in [0.5, 0.6) is 0 Å². The van der Waals surface area contributed by atoms with E-state index in [1.807, 2.05) is 39.2 Å². The summed E-state index contributed by atoms with van der Waals surface area (Å²) >= 11 is 1.47. The summed E-state index contributed by atoms with van der Waals surface area (Å²) in [5, 5.41) is 19.4. The topological polar surface area (TPSA) is 162 Å². The average Bonchev–Trinajstić information content (AvgIpc) is 3.89. The van der Waals surface area contributed by atoms with E-state index in [0.717, 1.165) is 29.8 Å². The van der Waals surface area contributed by atoms with Gasteiger partial charge in [-0.3, -0.25) is 19.2 Å². The lowest BCUT2D eigenvalue weighted by molar-refractivity contribution is -0.146. The van der Waals surface area contributed by atoms with Crippen LogP contribution in [-0.4, -0.2) is 121 Å². The highest BCUT2D eigenvalue weighted by Gasteiger charge is 2.42. The Bertz CT molecular complexity index is 1350. The number of ether oxygens (including phenoxy) is 2. The maximum absolute atomic E-state index is 14.0. The number of rotatable bonds is 22. The zero-order chi connectivity index (χ0) is 41.0. The number of hydrogen-bond acceptors (Lipinski definition) is 10. The molecular weight excluding hydrogens is 709 g/mol. The van der Waals surface area contributed by atoms with Gasteiger partial charge in [-0.2, -0.15) is 0 Å². The number of hydrogen-bond donors (Lipinski definition) is 4. The molecule has 7 unspecified atom stereocenters. The molecule has 0 spiro atoms. The molecule has 1 aliphatic heterocycles. The van der Waals surface area contributed by atoms with Gasteiger partial charge >= 0.3 is 0 Å². The summed E-state index contributed by atoms with van der Waals surface area (Å²) in [4.78, 5) is 61.6. The number of aliphatic hydroxyl groups excluding tert-OH is 1. The van der Waals surface area contributed by atoms with Gasteiger partial charge in [0.2, 0.25) is 23.6 Å². The van der Waals surface area contributed by atoms with E-state index in [1.54, 1.807) is 70.3 Å². The zero-order valence-electron chi connectivity index (χ0n) is 34.4. The van der Waals surface area contributed by atoms with Gasteiger partial charge in [-0.15, -0.1) is 11.3 Å². The van der Waals surface area contributed by atoms with E-state index in [9.17, 15) is 19.2 Å². The van der Waals surface area contributed by atoms with Crippen LogP contribution in [0.25, 0.3) is 0 Å². The zero-order valence-corrected chi connectivity index (χ0v) is 35.2. The van der Waals surface area contributed by atoms with Crippen molar-refractivity contribution in [2.75, 3.05) is 48.0 Å². The van der Waals surface area contributed by atoms with Crippen LogP contribution in [0.15, 0.2) is 48.5 Å². The van der Waals surface area contributed by atoms with Gasteiger partial charge in [-0.1, -0.05) is 65.5 Å². The van der Waals surface area contributed by atoms with E-state index in [1.165, 1.54) is 11.3 Å². The number of methoxy groups -OCH3 is 2. The maximum Gasteiger partial charge on any atom is 0.242 e. The Morgan fingerprint density at radius 1 is 1.17 bits per heavy atom. The summed E-state index contributed by atoms with van der Waals surface area (Å²) in [7, 11) is 6.50. The third-order valence-electron chi connectivity index (χ3n) is 10.2. The van der Waals surface area contributed by atoms with Gasteiger partial charge in [0.15, 0.2) is 0 Å². The number of amides is 4. The second-order valence-electron chi connectivity index (χ2n) is 14.2. The number of aliphatic hydroxyl groups is 1. The molecule has 0 radical (unpaired) electrons. The Labute approximate surface area is 328 Å². The van der Waals surface area contributed by atoms with Crippen molar-refractivity contribution in [1.82, 2.24) is 30.7 Å². The van der Waals surface area contributed by atoms with Crippen molar-refractivity contribution in [1.29, 1.82) is 0 Å². The van der Waals surface area contributed by atoms with Crippen molar-refractivity contribution in [3.8, 4) is 0 Å². The molecular formula is C40H68N6O7S. The second kappa shape index (κ2) is 24.9. The molecule has 1 fully saturated rings. The van der Waals surface area contributed by atoms with Crippen molar-refractivity contribution < 1.29 is 33.8 Å². The van der Waals surface area contributed by atoms with Crippen LogP contribution in [0.2, 0.25) is 0 Å². The molecule has 14 heteroatoms. The molecule has 0 saturated carbocycles. The highest BCUT2D eigenvalue weighted by molar-refractivity contribution is 7.09. The lowest BCUT2D eigenvalue weighted by atomic mass is 9.90. The average molecular weight is 777 g/mol. The molecule has 306 valence electrons. The third kappa shape index (κ3) is 14.3. The number of likely N-dealkylation sites (tertiary alicyclic amines) is 1. The normalized spacial score (nSPS) is 17.9. The van der Waals surface area contributed by atoms with Crippen molar-refractivity contribution in [3.63, 3.8) is 0 Å². The van der Waals surface area contributed by atoms with Crippen LogP contribution in [0.4, 0.5) is 0 Å². The standard InChI is InChI=1S/C37H60N6O6S.C3H8O/c1-12-16-26(14-3)21-27(35-39-18-20-50-35)41-34(46)25(5)33(49-11)28-17-15-19-43(28)30(44)22-29(48-10)32(24(4)13-2)42(9)31(45)23-40-36(47)37(6,7)38-8;1-2-3-4/h12,14,16,18,20,24-25,27-29,32-33,38H,1,3,13,15,17,19,21-23H2,2,4-11H3,(H,40,47)(H,41,46);4H,2-3H2,1H3/b26-16+;. The van der Waals surface area contributed by atoms with E-state index < -0.39 is 29.7 Å². The minimum atomic E-state index is -0.832. The molecule has 1 aromatic rings. The number of likely N-dealkylation sites (N-methyl/N-ethyl adjacent to an activating group) is 2. The van der Waals surface area contributed by atoms with E-state index in [4.69, 9.17) is 14.6 Å². The molecule has 1 saturated heterocycles. The van der Waals surface area contributed by atoms with E-state index in [-0.39, 0.29) is 54.6 Å². The molecule has 4 amide bonds. The number of carbonyl (C=O) groups excluding carboxylic acids is 4. The maximum atomic E-state index is 14.0. The number of thiazole rings is 1. The monoisotopic (exact) mass is 776 g/mol. The lowest BCUT2D eigenvalue weighted by Crippen LogP contribution is -2.56. The summed E-state index contributed by atoms with van der Waals surface area (Å²) in [6.45, 7) is 19.6. The molecule has 2 heterocycles. The van der Waals surface area contributed by atoms with Crippen LogP contribution >= 0.6 is 11.3 Å². The SMILES string of the molecule is C=C/C=C(\C=C)CC(NC(=O)C(C)C(OC)C1CCCN1C(=O)CC(OC)C(C(C)CC)N(C)C(=O)CNC(=O)C(C)(C)NC)c1nccs1.CCCO. The fourth-order valence-corrected chi connectivity index (χ4v) is 7.15. The molecule has 54 heavy (non-hydrogen) atoms. The molecule has 1 aliphatic rings. The van der Waals surface area contributed by atoms with Crippen LogP contribution in [0.1, 0.15) is 91.1 Å². The van der Waals surface area contributed by atoms with Gasteiger partial charge in [0.05, 0.1) is 54.8 Å². The Kier molecular flexibility index (Phi) is 22.4. The first-order valence-electron chi connectivity index (χ1n) is 18.9. The molecule has 4 N–H and O–H groups in total. The van der Waals surface area contributed by atoms with Gasteiger partial charge in [0.25, 0.3) is 0 Å². The van der Waals surface area contributed by atoms with Gasteiger partial charge < -0.3 is 40.3 Å². The molecule has 0 aliphatic carbocycles. The largest absolute Gasteiger partial charge is 0.396 e. The molecule has 13 nitrogen and oxygen atoms in total. The highest BCUT2D eigenvalue weighted by Crippen LogP contribution is 2.30. The Morgan fingerprint density at radius 3 is 2.33 bits per heavy atom. The van der Waals surface area contributed by atoms with Crippen molar-refractivity contribution in [3.05, 3.63) is 53.5 Å². The van der Waals surface area contributed by atoms with E-state index in [0.29, 0.717) is 26.0 Å². The Morgan fingerprint density at radius 2 is 1.83 bits per heavy atom. The molecule has 0 bridgehead atoms. The Balaban J connectivity index is 0.00000346. The summed E-state index contributed by atoms with van der Waals surface area (Å²) in [6.07, 6.45) is 9.49. The smallest absolute Gasteiger partial charge is 0.242 e. The first-order valence-corrected chi connectivity index (χ1v) is 19.8. The van der Waals surface area contributed by atoms with E-state index >= 15 is 0 Å². The first-order chi connectivity index (χ1) is 25.6. The molecule has 2 rings (SSSR count). The van der Waals surface area contributed by atoms with Crippen molar-refractivity contribution in [2.24, 2.45) is 11.8 Å². The van der Waals surface area contributed by atoms with Gasteiger partial charge in [0, 0.05) is 46.0 Å². The molecule has 1 aromatic heterocycles. The predicted octanol–water partition coefficient (Wildman–Crippen LogP) is 4.41. The number of aromatic nitrogens is 1. The summed E-state index contributed by atoms with van der Waals surface area (Å²) in [6, 6.07) is -1.10. The summed E-state index contributed by atoms with van der Waals surface area (Å²) in [5.41, 5.74) is 0.0871. The van der Waals surface area contributed by atoms with Crippen molar-refractivity contribution in [2.45, 2.75) is 116 Å². The molecule has 7 atom stereocenters. The minimum absolute atomic E-state index is 0.00433. The Hall–Kier alpha value is -3.43. The minimum Gasteiger partial charge on any atom is -0.396 e. The van der Waals surface area contributed by atoms with Crippen LogP contribution in [0.3, 0.4) is 0 Å². The van der Waals surface area contributed by atoms with Crippen LogP contribution < -0.4 is 16.0 Å². The quantitative estimate of drug-likeness (QED) is 0.125. The van der Waals surface area contributed by atoms with Crippen molar-refractivity contribution >= 4 is 35.0 Å². The lowest BCUT2D eigenvalue weighted by Gasteiger charge is -2.39. The van der Waals surface area contributed by atoms with Gasteiger partial charge in [-0.25, -0.2) is 4.98 Å². The number of nitrogens with one attached hydrogen (secondary N) is 3. The first kappa shape index (κ1) is 48.6. The summed E-state index contributed by atoms with van der Waals surface area (Å²) < 4.78 is 11.9. The number of carbonyl (C=O) groups is 4.